The van der Waals surface area contributed by atoms with Crippen molar-refractivity contribution < 1.29 is 22.8 Å². The number of hydrogen-bond acceptors (Lipinski definition) is 6. The van der Waals surface area contributed by atoms with E-state index in [1.165, 1.54) is 36.8 Å². The molecule has 0 saturated heterocycles. The molecule has 0 radical (unpaired) electrons. The summed E-state index contributed by atoms with van der Waals surface area (Å²) in [5.74, 6) is 2.11. The number of primary amides is 2. The molecule has 1 aliphatic rings. The van der Waals surface area contributed by atoms with E-state index in [9.17, 15) is 13.2 Å². The predicted molar refractivity (Wildman–Crippen MR) is 229 cm³/mol. The number of aryl methyl sites for hydroxylation is 4. The summed E-state index contributed by atoms with van der Waals surface area (Å²) >= 11 is 0. The van der Waals surface area contributed by atoms with Crippen LogP contribution < -0.4 is 16.8 Å². The van der Waals surface area contributed by atoms with Crippen LogP contribution in [0, 0.1) is 32.6 Å². The van der Waals surface area contributed by atoms with E-state index in [0.29, 0.717) is 0 Å². The van der Waals surface area contributed by atoms with Gasteiger partial charge in [0.2, 0.25) is 12.8 Å². The number of benzene rings is 2. The van der Waals surface area contributed by atoms with Gasteiger partial charge in [0.25, 0.3) is 5.91 Å². The second-order valence-electron chi connectivity index (χ2n) is 12.1. The average Bonchev–Trinajstić information content (AvgIpc) is 3.91. The van der Waals surface area contributed by atoms with Crippen molar-refractivity contribution in [3.63, 3.8) is 0 Å². The Kier molecular flexibility index (Phi) is 41.4. The standard InChI is InChI=1S/C20H25NO.C8H16.C6H7N.C2H6O2S.2C2H6.2CH3NO.CH4/c1-5-7-17-10-15(3)12-19(13-17)20(22)21-16(4)18-9-6-8-14(2)11-18;1-3-7(2)6-8-4-5-8;1-6-4-2-3-5-7-6;1-5(2,3)4;2*1-2;2*2-1-3;/h6,8-13,16H,5,7H2,1-4H3,(H,21,22);7-8H,3-6H2,1-2H3;2-5H,1H3;1-2H3;2*1-2H3;2*1H,(H2,2,3);1H4/t16-;;;;;;;;/m1......../s1. The zero-order valence-electron chi connectivity index (χ0n) is 34.5. The fourth-order valence-electron chi connectivity index (χ4n) is 4.27. The molecule has 9 nitrogen and oxygen atoms in total. The lowest BCUT2D eigenvalue weighted by molar-refractivity contribution is -0.107. The number of nitrogens with one attached hydrogen (secondary N) is 1. The third kappa shape index (κ3) is 40.6. The van der Waals surface area contributed by atoms with Gasteiger partial charge in [-0.15, -0.1) is 0 Å². The maximum absolute atomic E-state index is 12.5. The molecule has 53 heavy (non-hydrogen) atoms. The number of hydrogen-bond donors (Lipinski definition) is 3. The third-order valence-corrected chi connectivity index (χ3v) is 6.77. The first-order valence-corrected chi connectivity index (χ1v) is 20.7. The molecular weight excluding hydrogens is 685 g/mol. The average molecular weight is 761 g/mol. The zero-order chi connectivity index (χ0) is 41.1. The summed E-state index contributed by atoms with van der Waals surface area (Å²) in [4.78, 5) is 33.7. The molecule has 2 aromatic carbocycles. The molecule has 304 valence electrons. The van der Waals surface area contributed by atoms with Crippen molar-refractivity contribution in [2.75, 3.05) is 12.5 Å². The van der Waals surface area contributed by atoms with Crippen LogP contribution in [-0.4, -0.2) is 44.6 Å². The molecule has 5 N–H and O–H groups in total. The fraction of sp³-hybridized carbons (Fsp3) is 0.535. The summed E-state index contributed by atoms with van der Waals surface area (Å²) < 4.78 is 19.3. The Labute approximate surface area is 325 Å². The van der Waals surface area contributed by atoms with E-state index in [-0.39, 0.29) is 32.2 Å². The summed E-state index contributed by atoms with van der Waals surface area (Å²) in [6, 6.07) is 20.2. The highest BCUT2D eigenvalue weighted by Crippen LogP contribution is 2.35. The molecule has 1 unspecified atom stereocenters. The molecule has 3 aromatic rings. The molecule has 2 atom stereocenters. The van der Waals surface area contributed by atoms with Gasteiger partial charge in [-0.05, 0) is 87.8 Å². The number of sulfone groups is 1. The number of carbonyl (C=O) groups is 3. The molecule has 3 amide bonds. The van der Waals surface area contributed by atoms with Gasteiger partial charge in [-0.2, -0.15) is 0 Å². The number of rotatable bonds is 8. The van der Waals surface area contributed by atoms with Crippen LogP contribution in [0.1, 0.15) is 139 Å². The number of carbonyl (C=O) groups excluding carboxylic acids is 3. The van der Waals surface area contributed by atoms with E-state index in [0.717, 1.165) is 59.6 Å². The molecule has 0 bridgehead atoms. The van der Waals surface area contributed by atoms with Crippen molar-refractivity contribution in [3.8, 4) is 0 Å². The molecule has 4 rings (SSSR count). The van der Waals surface area contributed by atoms with Crippen molar-refractivity contribution in [1.29, 1.82) is 0 Å². The highest BCUT2D eigenvalue weighted by molar-refractivity contribution is 7.89. The molecular formula is C43H76N4O5S. The summed E-state index contributed by atoms with van der Waals surface area (Å²) in [5.41, 5.74) is 14.9. The summed E-state index contributed by atoms with van der Waals surface area (Å²) in [5, 5.41) is 3.10. The minimum Gasteiger partial charge on any atom is -0.372 e. The van der Waals surface area contributed by atoms with E-state index in [1.807, 2.05) is 84.9 Å². The van der Waals surface area contributed by atoms with Gasteiger partial charge in [-0.25, -0.2) is 8.42 Å². The number of pyridine rings is 1. The molecule has 1 saturated carbocycles. The number of nitrogens with two attached hydrogens (primary N) is 2. The van der Waals surface area contributed by atoms with Crippen LogP contribution in [0.3, 0.4) is 0 Å². The largest absolute Gasteiger partial charge is 0.372 e. The maximum Gasteiger partial charge on any atom is 0.251 e. The summed E-state index contributed by atoms with van der Waals surface area (Å²) in [7, 11) is -2.67. The van der Waals surface area contributed by atoms with Crippen molar-refractivity contribution in [1.82, 2.24) is 10.3 Å². The van der Waals surface area contributed by atoms with Gasteiger partial charge in [0.15, 0.2) is 0 Å². The van der Waals surface area contributed by atoms with E-state index in [2.05, 4.69) is 73.7 Å². The van der Waals surface area contributed by atoms with E-state index in [4.69, 9.17) is 9.59 Å². The number of aromatic nitrogens is 1. The lowest BCUT2D eigenvalue weighted by atomic mass is 10.0. The number of nitrogens with zero attached hydrogens (tertiary/aromatic N) is 1. The van der Waals surface area contributed by atoms with Crippen LogP contribution in [0.5, 0.6) is 0 Å². The zero-order valence-corrected chi connectivity index (χ0v) is 35.3. The predicted octanol–water partition coefficient (Wildman–Crippen LogP) is 9.52. The fourth-order valence-corrected chi connectivity index (χ4v) is 4.27. The number of amides is 3. The molecule has 0 spiro atoms. The third-order valence-electron chi connectivity index (χ3n) is 6.77. The Morgan fingerprint density at radius 3 is 1.77 bits per heavy atom. The van der Waals surface area contributed by atoms with Gasteiger partial charge in [0, 0.05) is 30.0 Å². The van der Waals surface area contributed by atoms with Crippen LogP contribution >= 0.6 is 0 Å². The summed E-state index contributed by atoms with van der Waals surface area (Å²) in [6.07, 6.45) is 12.6. The molecule has 1 fully saturated rings. The Hall–Kier alpha value is -4.05. The van der Waals surface area contributed by atoms with Crippen LogP contribution in [0.25, 0.3) is 0 Å². The lowest BCUT2D eigenvalue weighted by Crippen LogP contribution is -2.26. The molecule has 1 heterocycles. The Balaban J connectivity index is -0.000000204. The normalized spacial score (nSPS) is 11.4. The first-order valence-electron chi connectivity index (χ1n) is 18.4. The van der Waals surface area contributed by atoms with Crippen LogP contribution in [0.2, 0.25) is 0 Å². The van der Waals surface area contributed by atoms with Gasteiger partial charge in [-0.1, -0.05) is 129 Å². The molecule has 10 heteroatoms. The second-order valence-corrected chi connectivity index (χ2v) is 14.4. The molecule has 1 aliphatic carbocycles. The van der Waals surface area contributed by atoms with Gasteiger partial charge in [0.05, 0.1) is 6.04 Å². The Bertz CT molecular complexity index is 1400. The van der Waals surface area contributed by atoms with E-state index in [1.54, 1.807) is 6.20 Å². The van der Waals surface area contributed by atoms with Gasteiger partial charge < -0.3 is 16.8 Å². The minimum atomic E-state index is -2.67. The first kappa shape index (κ1) is 58.3. The highest BCUT2D eigenvalue weighted by atomic mass is 32.2. The van der Waals surface area contributed by atoms with Crippen molar-refractivity contribution in [3.05, 3.63) is 100 Å². The Morgan fingerprint density at radius 1 is 0.868 bits per heavy atom. The lowest BCUT2D eigenvalue weighted by Gasteiger charge is -2.16. The van der Waals surface area contributed by atoms with Gasteiger partial charge in [-0.3, -0.25) is 19.4 Å². The SMILES string of the molecule is C.CC.CC.CCC(C)CC1CC1.CCCc1cc(C)cc(C(=O)N[C@H](C)c2cccc(C)c2)c1.CS(C)(=O)=O.Cc1ccccn1.NC=O.NC=O. The van der Waals surface area contributed by atoms with Crippen LogP contribution in [-0.2, 0) is 25.8 Å². The molecule has 0 aliphatic heterocycles. The van der Waals surface area contributed by atoms with E-state index < -0.39 is 9.84 Å². The van der Waals surface area contributed by atoms with Crippen molar-refractivity contribution in [2.24, 2.45) is 23.3 Å². The minimum absolute atomic E-state index is 0. The van der Waals surface area contributed by atoms with Gasteiger partial charge in [0.1, 0.15) is 9.84 Å². The highest BCUT2D eigenvalue weighted by Gasteiger charge is 2.22. The smallest absolute Gasteiger partial charge is 0.251 e. The van der Waals surface area contributed by atoms with Crippen LogP contribution in [0.15, 0.2) is 66.9 Å². The molecule has 1 aromatic heterocycles. The van der Waals surface area contributed by atoms with Crippen molar-refractivity contribution >= 4 is 28.6 Å². The summed E-state index contributed by atoms with van der Waals surface area (Å²) in [6.45, 7) is 22.9. The van der Waals surface area contributed by atoms with Crippen LogP contribution in [0.4, 0.5) is 0 Å². The topological polar surface area (TPSA) is 162 Å². The van der Waals surface area contributed by atoms with Crippen molar-refractivity contribution in [2.45, 2.75) is 128 Å². The van der Waals surface area contributed by atoms with Gasteiger partial charge >= 0.3 is 0 Å². The first-order chi connectivity index (χ1) is 24.5. The monoisotopic (exact) mass is 761 g/mol. The maximum atomic E-state index is 12.5. The quantitative estimate of drug-likeness (QED) is 0.194. The second kappa shape index (κ2) is 37.7. The van der Waals surface area contributed by atoms with E-state index >= 15 is 0 Å². The Morgan fingerprint density at radius 2 is 1.40 bits per heavy atom.